The maximum Gasteiger partial charge on any atom is 0.126 e. The molecule has 0 aliphatic carbocycles. The number of nitrogen functional groups attached to an aromatic ring is 1. The Kier molecular flexibility index (Phi) is 9.85. The van der Waals surface area contributed by atoms with Gasteiger partial charge in [-0.05, 0) is 25.0 Å². The number of rotatable bonds is 13. The molecule has 138 valence electrons. The molecule has 0 aliphatic rings. The first-order valence-corrected chi connectivity index (χ1v) is 9.84. The SMILES string of the molecule is CCCCCCCCCCCC[N+](C)(C)Cc1ccc(N)cc1O. The van der Waals surface area contributed by atoms with Crippen LogP contribution in [-0.4, -0.2) is 30.2 Å². The smallest absolute Gasteiger partial charge is 0.126 e. The molecule has 0 saturated carbocycles. The molecule has 0 amide bonds. The van der Waals surface area contributed by atoms with Gasteiger partial charge >= 0.3 is 0 Å². The molecule has 1 aromatic rings. The van der Waals surface area contributed by atoms with Crippen LogP contribution in [0.2, 0.25) is 0 Å². The van der Waals surface area contributed by atoms with Gasteiger partial charge in [0.05, 0.1) is 20.6 Å². The summed E-state index contributed by atoms with van der Waals surface area (Å²) in [5, 5.41) is 10.0. The van der Waals surface area contributed by atoms with Crippen molar-refractivity contribution < 1.29 is 9.59 Å². The number of nitrogens with zero attached hydrogens (tertiary/aromatic N) is 1. The molecule has 3 nitrogen and oxygen atoms in total. The van der Waals surface area contributed by atoms with E-state index in [4.69, 9.17) is 5.73 Å². The van der Waals surface area contributed by atoms with Gasteiger partial charge in [0.25, 0.3) is 0 Å². The first-order chi connectivity index (χ1) is 11.4. The molecule has 0 bridgehead atoms. The largest absolute Gasteiger partial charge is 0.507 e. The highest BCUT2D eigenvalue weighted by Gasteiger charge is 2.17. The maximum atomic E-state index is 10.0. The number of hydrogen-bond acceptors (Lipinski definition) is 2. The third-order valence-corrected chi connectivity index (χ3v) is 4.82. The molecule has 0 heterocycles. The van der Waals surface area contributed by atoms with Crippen molar-refractivity contribution in [3.63, 3.8) is 0 Å². The summed E-state index contributed by atoms with van der Waals surface area (Å²) in [5.74, 6) is 0.323. The number of nitrogens with two attached hydrogens (primary N) is 1. The quantitative estimate of drug-likeness (QED) is 0.285. The van der Waals surface area contributed by atoms with Crippen LogP contribution in [-0.2, 0) is 6.54 Å². The Morgan fingerprint density at radius 2 is 1.42 bits per heavy atom. The van der Waals surface area contributed by atoms with E-state index < -0.39 is 0 Å². The van der Waals surface area contributed by atoms with Gasteiger partial charge in [-0.3, -0.25) is 0 Å². The maximum absolute atomic E-state index is 10.0. The predicted octanol–water partition coefficient (Wildman–Crippen LogP) is 5.47. The molecule has 0 aromatic heterocycles. The lowest BCUT2D eigenvalue weighted by Crippen LogP contribution is -2.39. The minimum absolute atomic E-state index is 0.323. The molecular formula is C21H39N2O+. The highest BCUT2D eigenvalue weighted by Crippen LogP contribution is 2.23. The molecule has 3 heteroatoms. The summed E-state index contributed by atoms with van der Waals surface area (Å²) in [5.41, 5.74) is 7.31. The zero-order chi connectivity index (χ0) is 17.8. The minimum Gasteiger partial charge on any atom is -0.507 e. The van der Waals surface area contributed by atoms with Crippen molar-refractivity contribution in [1.82, 2.24) is 0 Å². The number of unbranched alkanes of at least 4 members (excludes halogenated alkanes) is 9. The molecule has 0 saturated heterocycles. The molecule has 24 heavy (non-hydrogen) atoms. The van der Waals surface area contributed by atoms with Gasteiger partial charge < -0.3 is 15.3 Å². The zero-order valence-electron chi connectivity index (χ0n) is 16.2. The molecule has 0 radical (unpaired) electrons. The van der Waals surface area contributed by atoms with Gasteiger partial charge in [0.2, 0.25) is 0 Å². The summed E-state index contributed by atoms with van der Waals surface area (Å²) in [7, 11) is 4.48. The third kappa shape index (κ3) is 9.17. The number of hydrogen-bond donors (Lipinski definition) is 2. The van der Waals surface area contributed by atoms with E-state index in [0.717, 1.165) is 23.1 Å². The van der Waals surface area contributed by atoms with Gasteiger partial charge in [0.15, 0.2) is 0 Å². The molecule has 0 aliphatic heterocycles. The number of quaternary nitrogens is 1. The Hall–Kier alpha value is -1.22. The van der Waals surface area contributed by atoms with Crippen LogP contribution in [0, 0.1) is 0 Å². The molecule has 1 rings (SSSR count). The number of phenols is 1. The van der Waals surface area contributed by atoms with Gasteiger partial charge in [-0.25, -0.2) is 0 Å². The van der Waals surface area contributed by atoms with E-state index in [1.807, 2.05) is 12.1 Å². The highest BCUT2D eigenvalue weighted by atomic mass is 16.3. The first-order valence-electron chi connectivity index (χ1n) is 9.84. The standard InChI is InChI=1S/C21H38N2O/c1-4-5-6-7-8-9-10-11-12-13-16-23(2,3)18-19-14-15-20(22)17-21(19)24/h14-15,17H,4-13,16,18,22H2,1-3H3/p+1. The number of phenolic OH excluding ortho intramolecular Hbond substituents is 1. The molecular weight excluding hydrogens is 296 g/mol. The second-order valence-corrected chi connectivity index (χ2v) is 7.89. The van der Waals surface area contributed by atoms with Gasteiger partial charge in [0.1, 0.15) is 12.3 Å². The van der Waals surface area contributed by atoms with Crippen LogP contribution in [0.1, 0.15) is 76.7 Å². The van der Waals surface area contributed by atoms with Crippen molar-refractivity contribution in [2.75, 3.05) is 26.4 Å². The van der Waals surface area contributed by atoms with Crippen LogP contribution >= 0.6 is 0 Å². The van der Waals surface area contributed by atoms with Crippen LogP contribution in [0.3, 0.4) is 0 Å². The lowest BCUT2D eigenvalue weighted by atomic mass is 10.1. The van der Waals surface area contributed by atoms with Gasteiger partial charge in [-0.15, -0.1) is 0 Å². The van der Waals surface area contributed by atoms with Crippen LogP contribution in [0.15, 0.2) is 18.2 Å². The minimum atomic E-state index is 0.323. The number of benzene rings is 1. The summed E-state index contributed by atoms with van der Waals surface area (Å²) >= 11 is 0. The van der Waals surface area contributed by atoms with Crippen LogP contribution in [0.25, 0.3) is 0 Å². The Bertz CT molecular complexity index is 457. The van der Waals surface area contributed by atoms with E-state index >= 15 is 0 Å². The van der Waals surface area contributed by atoms with Crippen molar-refractivity contribution in [2.24, 2.45) is 0 Å². The van der Waals surface area contributed by atoms with E-state index in [0.29, 0.717) is 11.4 Å². The first kappa shape index (κ1) is 20.8. The Balaban J connectivity index is 2.12. The lowest BCUT2D eigenvalue weighted by molar-refractivity contribution is -0.903. The fourth-order valence-corrected chi connectivity index (χ4v) is 3.28. The average molecular weight is 336 g/mol. The fourth-order valence-electron chi connectivity index (χ4n) is 3.28. The molecule has 0 fully saturated rings. The van der Waals surface area contributed by atoms with Crippen molar-refractivity contribution in [3.8, 4) is 5.75 Å². The molecule has 3 N–H and O–H groups in total. The summed E-state index contributed by atoms with van der Waals surface area (Å²) in [6.07, 6.45) is 13.7. The van der Waals surface area contributed by atoms with Crippen molar-refractivity contribution in [2.45, 2.75) is 77.7 Å². The summed E-state index contributed by atoms with van der Waals surface area (Å²) in [6, 6.07) is 5.47. The van der Waals surface area contributed by atoms with Crippen LogP contribution in [0.4, 0.5) is 5.69 Å². The van der Waals surface area contributed by atoms with Crippen LogP contribution in [0.5, 0.6) is 5.75 Å². The van der Waals surface area contributed by atoms with Crippen molar-refractivity contribution in [1.29, 1.82) is 0 Å². The number of aromatic hydroxyl groups is 1. The Morgan fingerprint density at radius 3 is 1.96 bits per heavy atom. The predicted molar refractivity (Wildman–Crippen MR) is 105 cm³/mol. The van der Waals surface area contributed by atoms with Gasteiger partial charge in [-0.1, -0.05) is 58.3 Å². The summed E-state index contributed by atoms with van der Waals surface area (Å²) in [4.78, 5) is 0. The lowest BCUT2D eigenvalue weighted by Gasteiger charge is -2.30. The molecule has 0 spiro atoms. The average Bonchev–Trinajstić information content (AvgIpc) is 2.52. The summed E-state index contributed by atoms with van der Waals surface area (Å²) in [6.45, 7) is 4.28. The third-order valence-electron chi connectivity index (χ3n) is 4.82. The van der Waals surface area contributed by atoms with E-state index in [2.05, 4.69) is 21.0 Å². The topological polar surface area (TPSA) is 46.2 Å². The molecule has 0 atom stereocenters. The second kappa shape index (κ2) is 11.4. The van der Waals surface area contributed by atoms with Gasteiger partial charge in [-0.2, -0.15) is 0 Å². The summed E-state index contributed by atoms with van der Waals surface area (Å²) < 4.78 is 0.911. The van der Waals surface area contributed by atoms with Crippen LogP contribution < -0.4 is 5.73 Å². The van der Waals surface area contributed by atoms with E-state index in [1.54, 1.807) is 6.07 Å². The molecule has 0 unspecified atom stereocenters. The second-order valence-electron chi connectivity index (χ2n) is 7.89. The van der Waals surface area contributed by atoms with E-state index in [-0.39, 0.29) is 0 Å². The fraction of sp³-hybridized carbons (Fsp3) is 0.714. The van der Waals surface area contributed by atoms with E-state index in [1.165, 1.54) is 64.2 Å². The zero-order valence-corrected chi connectivity index (χ0v) is 16.2. The highest BCUT2D eigenvalue weighted by molar-refractivity contribution is 5.47. The monoisotopic (exact) mass is 335 g/mol. The van der Waals surface area contributed by atoms with Crippen molar-refractivity contribution in [3.05, 3.63) is 23.8 Å². The normalized spacial score (nSPS) is 11.8. The van der Waals surface area contributed by atoms with E-state index in [9.17, 15) is 5.11 Å². The Morgan fingerprint density at radius 1 is 0.875 bits per heavy atom. The van der Waals surface area contributed by atoms with Gasteiger partial charge in [0, 0.05) is 17.3 Å². The molecule has 1 aromatic carbocycles. The Labute approximate surface area is 149 Å². The van der Waals surface area contributed by atoms with Crippen molar-refractivity contribution >= 4 is 5.69 Å². The number of anilines is 1.